The van der Waals surface area contributed by atoms with Gasteiger partial charge in [0, 0.05) is 18.1 Å². The van der Waals surface area contributed by atoms with E-state index in [-0.39, 0.29) is 17.1 Å². The fourth-order valence-electron chi connectivity index (χ4n) is 2.67. The maximum Gasteiger partial charge on any atom is 0.263 e. The lowest BCUT2D eigenvalue weighted by Gasteiger charge is -2.11. The Balaban J connectivity index is 1.88. The number of rotatable bonds is 4. The molecule has 0 fully saturated rings. The van der Waals surface area contributed by atoms with Gasteiger partial charge < -0.3 is 4.57 Å². The molecule has 2 aromatic heterocycles. The first-order valence-corrected chi connectivity index (χ1v) is 8.30. The minimum atomic E-state index is -0.518. The van der Waals surface area contributed by atoms with Gasteiger partial charge in [0.05, 0.1) is 6.54 Å². The number of nitrogens with one attached hydrogen (secondary N) is 1. The Bertz CT molecular complexity index is 1020. The highest BCUT2D eigenvalue weighted by molar-refractivity contribution is 6.03. The smallest absolute Gasteiger partial charge is 0.263 e. The van der Waals surface area contributed by atoms with Crippen LogP contribution in [0.1, 0.15) is 32.7 Å². The standard InChI is InChI=1S/C20H20N4O2/c1-13-6-7-14(2)16(11-13)12-24-10-4-5-17(19(24)26)18(25)23-20-21-9-8-15(3)22-20/h4-11H,12H2,1-3H3,(H,21,22,23,25). The van der Waals surface area contributed by atoms with Gasteiger partial charge in [-0.2, -0.15) is 0 Å². The van der Waals surface area contributed by atoms with Crippen LogP contribution in [0.2, 0.25) is 0 Å². The molecule has 0 spiro atoms. The fourth-order valence-corrected chi connectivity index (χ4v) is 2.67. The van der Waals surface area contributed by atoms with Gasteiger partial charge in [0.15, 0.2) is 0 Å². The molecule has 1 amide bonds. The number of aromatic nitrogens is 3. The van der Waals surface area contributed by atoms with E-state index in [4.69, 9.17) is 0 Å². The molecule has 0 aliphatic heterocycles. The molecule has 0 radical (unpaired) electrons. The second-order valence-electron chi connectivity index (χ2n) is 6.26. The quantitative estimate of drug-likeness (QED) is 0.786. The maximum absolute atomic E-state index is 12.7. The van der Waals surface area contributed by atoms with E-state index in [0.717, 1.165) is 22.4 Å². The molecule has 1 N–H and O–H groups in total. The first-order valence-electron chi connectivity index (χ1n) is 8.30. The predicted octanol–water partition coefficient (Wildman–Crippen LogP) is 2.86. The van der Waals surface area contributed by atoms with E-state index in [1.807, 2.05) is 26.0 Å². The Hall–Kier alpha value is -3.28. The minimum Gasteiger partial charge on any atom is -0.310 e. The third-order valence-corrected chi connectivity index (χ3v) is 4.13. The molecule has 0 saturated heterocycles. The van der Waals surface area contributed by atoms with Crippen molar-refractivity contribution in [1.82, 2.24) is 14.5 Å². The van der Waals surface area contributed by atoms with Crippen LogP contribution < -0.4 is 10.9 Å². The third kappa shape index (κ3) is 3.85. The Morgan fingerprint density at radius 1 is 1.15 bits per heavy atom. The van der Waals surface area contributed by atoms with E-state index in [9.17, 15) is 9.59 Å². The molecule has 0 bridgehead atoms. The van der Waals surface area contributed by atoms with Crippen molar-refractivity contribution in [2.24, 2.45) is 0 Å². The summed E-state index contributed by atoms with van der Waals surface area (Å²) in [4.78, 5) is 33.3. The first kappa shape index (κ1) is 17.5. The molecular formula is C20H20N4O2. The van der Waals surface area contributed by atoms with Crippen LogP contribution in [-0.2, 0) is 6.54 Å². The number of nitrogens with zero attached hydrogens (tertiary/aromatic N) is 3. The molecule has 3 rings (SSSR count). The van der Waals surface area contributed by atoms with Gasteiger partial charge in [-0.05, 0) is 50.1 Å². The van der Waals surface area contributed by atoms with Crippen LogP contribution in [0, 0.1) is 20.8 Å². The predicted molar refractivity (Wildman–Crippen MR) is 100 cm³/mol. The van der Waals surface area contributed by atoms with Crippen LogP contribution in [0.3, 0.4) is 0 Å². The molecule has 132 valence electrons. The van der Waals surface area contributed by atoms with E-state index in [0.29, 0.717) is 6.54 Å². The Labute approximate surface area is 151 Å². The van der Waals surface area contributed by atoms with E-state index >= 15 is 0 Å². The zero-order valence-corrected chi connectivity index (χ0v) is 15.0. The molecule has 0 unspecified atom stereocenters. The van der Waals surface area contributed by atoms with Crippen molar-refractivity contribution in [2.75, 3.05) is 5.32 Å². The molecule has 3 aromatic rings. The summed E-state index contributed by atoms with van der Waals surface area (Å²) < 4.78 is 1.54. The second kappa shape index (κ2) is 7.31. The number of pyridine rings is 1. The van der Waals surface area contributed by atoms with Crippen molar-refractivity contribution < 1.29 is 4.79 Å². The molecule has 26 heavy (non-hydrogen) atoms. The van der Waals surface area contributed by atoms with Gasteiger partial charge >= 0.3 is 0 Å². The Morgan fingerprint density at radius 3 is 2.73 bits per heavy atom. The lowest BCUT2D eigenvalue weighted by atomic mass is 10.1. The summed E-state index contributed by atoms with van der Waals surface area (Å²) >= 11 is 0. The summed E-state index contributed by atoms with van der Waals surface area (Å²) in [6, 6.07) is 11.0. The molecule has 0 aliphatic carbocycles. The van der Waals surface area contributed by atoms with E-state index in [1.165, 1.54) is 10.6 Å². The lowest BCUT2D eigenvalue weighted by Crippen LogP contribution is -2.29. The molecule has 0 saturated carbocycles. The Kier molecular flexibility index (Phi) is 4.93. The number of amides is 1. The molecule has 0 aliphatic rings. The van der Waals surface area contributed by atoms with Gasteiger partial charge in [-0.1, -0.05) is 23.8 Å². The van der Waals surface area contributed by atoms with Gasteiger partial charge in [-0.25, -0.2) is 9.97 Å². The first-order chi connectivity index (χ1) is 12.4. The fraction of sp³-hybridized carbons (Fsp3) is 0.200. The lowest BCUT2D eigenvalue weighted by molar-refractivity contribution is 0.102. The summed E-state index contributed by atoms with van der Waals surface area (Å²) in [7, 11) is 0. The number of carbonyl (C=O) groups excluding carboxylic acids is 1. The Morgan fingerprint density at radius 2 is 1.96 bits per heavy atom. The third-order valence-electron chi connectivity index (χ3n) is 4.13. The summed E-state index contributed by atoms with van der Waals surface area (Å²) in [5, 5.41) is 2.58. The zero-order chi connectivity index (χ0) is 18.7. The van der Waals surface area contributed by atoms with Gasteiger partial charge in [-0.3, -0.25) is 14.9 Å². The normalized spacial score (nSPS) is 10.6. The van der Waals surface area contributed by atoms with Crippen molar-refractivity contribution in [3.63, 3.8) is 0 Å². The molecular weight excluding hydrogens is 328 g/mol. The largest absolute Gasteiger partial charge is 0.310 e. The SMILES string of the molecule is Cc1ccc(C)c(Cn2cccc(C(=O)Nc3nccc(C)n3)c2=O)c1. The molecule has 1 aromatic carbocycles. The van der Waals surface area contributed by atoms with Crippen LogP contribution >= 0.6 is 0 Å². The number of aryl methyl sites for hydroxylation is 3. The minimum absolute atomic E-state index is 0.0583. The van der Waals surface area contributed by atoms with Crippen LogP contribution in [0.4, 0.5) is 5.95 Å². The molecule has 6 nitrogen and oxygen atoms in total. The number of hydrogen-bond acceptors (Lipinski definition) is 4. The summed E-state index contributed by atoms with van der Waals surface area (Å²) in [6.07, 6.45) is 3.24. The molecule has 0 atom stereocenters. The van der Waals surface area contributed by atoms with Crippen LogP contribution in [-0.4, -0.2) is 20.4 Å². The highest BCUT2D eigenvalue weighted by Gasteiger charge is 2.14. The van der Waals surface area contributed by atoms with Crippen LogP contribution in [0.25, 0.3) is 0 Å². The van der Waals surface area contributed by atoms with Crippen molar-refractivity contribution >= 4 is 11.9 Å². The van der Waals surface area contributed by atoms with Crippen LogP contribution in [0.15, 0.2) is 53.6 Å². The molecule has 2 heterocycles. The maximum atomic E-state index is 12.7. The average Bonchev–Trinajstić information content (AvgIpc) is 2.60. The van der Waals surface area contributed by atoms with Crippen molar-refractivity contribution in [3.05, 3.63) is 87.1 Å². The number of carbonyl (C=O) groups is 1. The summed E-state index contributed by atoms with van der Waals surface area (Å²) in [6.45, 7) is 6.23. The monoisotopic (exact) mass is 348 g/mol. The summed E-state index contributed by atoms with van der Waals surface area (Å²) in [5.74, 6) is -0.338. The molecule has 6 heteroatoms. The highest BCUT2D eigenvalue weighted by Crippen LogP contribution is 2.12. The van der Waals surface area contributed by atoms with E-state index < -0.39 is 5.91 Å². The highest BCUT2D eigenvalue weighted by atomic mass is 16.2. The zero-order valence-electron chi connectivity index (χ0n) is 15.0. The number of anilines is 1. The van der Waals surface area contributed by atoms with Gasteiger partial charge in [-0.15, -0.1) is 0 Å². The topological polar surface area (TPSA) is 76.9 Å². The number of benzene rings is 1. The number of hydrogen-bond donors (Lipinski definition) is 1. The van der Waals surface area contributed by atoms with Crippen molar-refractivity contribution in [2.45, 2.75) is 27.3 Å². The van der Waals surface area contributed by atoms with E-state index in [1.54, 1.807) is 31.5 Å². The average molecular weight is 348 g/mol. The van der Waals surface area contributed by atoms with Gasteiger partial charge in [0.1, 0.15) is 5.56 Å². The van der Waals surface area contributed by atoms with Gasteiger partial charge in [0.2, 0.25) is 5.95 Å². The van der Waals surface area contributed by atoms with E-state index in [2.05, 4.69) is 21.4 Å². The van der Waals surface area contributed by atoms with Crippen LogP contribution in [0.5, 0.6) is 0 Å². The van der Waals surface area contributed by atoms with Gasteiger partial charge in [0.25, 0.3) is 11.5 Å². The van der Waals surface area contributed by atoms with Crippen molar-refractivity contribution in [1.29, 1.82) is 0 Å². The summed E-state index contributed by atoms with van der Waals surface area (Å²) in [5.41, 5.74) is 3.72. The van der Waals surface area contributed by atoms with Crippen molar-refractivity contribution in [3.8, 4) is 0 Å². The second-order valence-corrected chi connectivity index (χ2v) is 6.26.